The average molecular weight is 542 g/mol. The highest BCUT2D eigenvalue weighted by Crippen LogP contribution is 2.28. The maximum Gasteiger partial charge on any atom is 0.315 e. The first kappa shape index (κ1) is 27.1. The zero-order chi connectivity index (χ0) is 27.2. The number of aliphatic hydroxyl groups excluding tert-OH is 1. The van der Waals surface area contributed by atoms with Crippen molar-refractivity contribution < 1.29 is 23.4 Å². The van der Waals surface area contributed by atoms with Crippen LogP contribution in [-0.4, -0.2) is 114 Å². The Morgan fingerprint density at radius 3 is 2.62 bits per heavy atom. The number of morpholine rings is 1. The molecule has 3 aromatic rings. The molecule has 1 atom stereocenters. The number of aromatic nitrogens is 3. The highest BCUT2D eigenvalue weighted by Gasteiger charge is 2.29. The Morgan fingerprint density at radius 2 is 1.87 bits per heavy atom. The number of rotatable bonds is 9. The van der Waals surface area contributed by atoms with Gasteiger partial charge in [0, 0.05) is 82.6 Å². The van der Waals surface area contributed by atoms with Gasteiger partial charge < -0.3 is 25.0 Å². The second kappa shape index (κ2) is 12.6. The monoisotopic (exact) mass is 541 g/mol. The van der Waals surface area contributed by atoms with Gasteiger partial charge in [0.15, 0.2) is 5.82 Å². The molecule has 0 saturated carbocycles. The third kappa shape index (κ3) is 6.57. The highest BCUT2D eigenvalue weighted by molar-refractivity contribution is 5.88. The molecule has 0 radical (unpaired) electrons. The van der Waals surface area contributed by atoms with Gasteiger partial charge in [-0.2, -0.15) is 8.78 Å². The van der Waals surface area contributed by atoms with Crippen LogP contribution in [-0.2, 0) is 9.53 Å². The minimum atomic E-state index is -3.03. The van der Waals surface area contributed by atoms with Crippen LogP contribution in [0.3, 0.4) is 0 Å². The van der Waals surface area contributed by atoms with E-state index < -0.39 is 18.4 Å². The first-order chi connectivity index (χ1) is 19.0. The number of nitrogens with one attached hydrogen (secondary N) is 1. The van der Waals surface area contributed by atoms with Crippen molar-refractivity contribution in [1.29, 1.82) is 0 Å². The van der Waals surface area contributed by atoms with Gasteiger partial charge in [0.05, 0.1) is 23.9 Å². The van der Waals surface area contributed by atoms with Crippen LogP contribution in [0.15, 0.2) is 42.7 Å². The number of pyridine rings is 1. The van der Waals surface area contributed by atoms with Gasteiger partial charge >= 0.3 is 6.43 Å². The molecule has 12 heteroatoms. The van der Waals surface area contributed by atoms with E-state index in [0.717, 1.165) is 61.0 Å². The number of nitrogens with zero attached hydrogens (tertiary/aromatic N) is 6. The summed E-state index contributed by atoms with van der Waals surface area (Å²) in [5.74, 6) is -0.661. The van der Waals surface area contributed by atoms with Gasteiger partial charge in [0.2, 0.25) is 0 Å². The maximum atomic E-state index is 12.9. The molecule has 2 saturated heterocycles. The van der Waals surface area contributed by atoms with Crippen molar-refractivity contribution in [2.24, 2.45) is 0 Å². The van der Waals surface area contributed by atoms with Crippen LogP contribution < -0.4 is 10.2 Å². The van der Waals surface area contributed by atoms with Crippen LogP contribution in [0.2, 0.25) is 0 Å². The molecule has 2 fully saturated rings. The molecule has 5 rings (SSSR count). The minimum Gasteiger partial charge on any atom is -0.396 e. The summed E-state index contributed by atoms with van der Waals surface area (Å²) in [5.41, 5.74) is 4.07. The Labute approximate surface area is 225 Å². The Bertz CT molecular complexity index is 1260. The van der Waals surface area contributed by atoms with E-state index in [1.54, 1.807) is 12.4 Å². The predicted molar refractivity (Wildman–Crippen MR) is 144 cm³/mol. The van der Waals surface area contributed by atoms with Crippen molar-refractivity contribution in [3.8, 4) is 11.3 Å². The molecule has 4 heterocycles. The van der Waals surface area contributed by atoms with Crippen LogP contribution >= 0.6 is 0 Å². The Kier molecular flexibility index (Phi) is 8.74. The summed E-state index contributed by atoms with van der Waals surface area (Å²) < 4.78 is 31.4. The number of alkyl halides is 2. The van der Waals surface area contributed by atoms with Crippen molar-refractivity contribution >= 4 is 28.4 Å². The smallest absolute Gasteiger partial charge is 0.315 e. The standard InChI is InChI=1S/C27H33F2N7O3/c28-25(29)27(38)36-13-15-39-21(18-36)17-32-26-24-23(30-6-7-31-24)16-22(33-26)19-2-4-20(5-3-19)35-11-9-34(10-12-35)8-1-14-37/h2-7,16,21,25,37H,1,8-15,17-18H2,(H,32,33). The lowest BCUT2D eigenvalue weighted by Crippen LogP contribution is -2.49. The van der Waals surface area contributed by atoms with E-state index in [2.05, 4.69) is 37.2 Å². The summed E-state index contributed by atoms with van der Waals surface area (Å²) in [4.78, 5) is 31.3. The van der Waals surface area contributed by atoms with Crippen LogP contribution in [0.4, 0.5) is 20.3 Å². The number of carbonyl (C=O) groups is 1. The maximum absolute atomic E-state index is 12.9. The second-order valence-corrected chi connectivity index (χ2v) is 9.69. The van der Waals surface area contributed by atoms with Gasteiger partial charge in [0.1, 0.15) is 5.52 Å². The quantitative estimate of drug-likeness (QED) is 0.421. The molecule has 2 aliphatic heterocycles. The molecule has 39 heavy (non-hydrogen) atoms. The van der Waals surface area contributed by atoms with Gasteiger partial charge in [0.25, 0.3) is 5.91 Å². The summed E-state index contributed by atoms with van der Waals surface area (Å²) >= 11 is 0. The Balaban J connectivity index is 1.28. The van der Waals surface area contributed by atoms with Crippen LogP contribution in [0.5, 0.6) is 0 Å². The molecule has 0 bridgehead atoms. The van der Waals surface area contributed by atoms with Gasteiger partial charge in [-0.05, 0) is 24.6 Å². The van der Waals surface area contributed by atoms with E-state index in [1.165, 1.54) is 0 Å². The lowest BCUT2D eigenvalue weighted by Gasteiger charge is -2.36. The molecule has 1 amide bonds. The van der Waals surface area contributed by atoms with Crippen LogP contribution in [0.1, 0.15) is 6.42 Å². The van der Waals surface area contributed by atoms with Gasteiger partial charge in [-0.15, -0.1) is 0 Å². The normalized spacial score (nSPS) is 18.6. The van der Waals surface area contributed by atoms with Crippen molar-refractivity contribution in [2.45, 2.75) is 19.0 Å². The van der Waals surface area contributed by atoms with E-state index in [9.17, 15) is 13.6 Å². The minimum absolute atomic E-state index is 0.0800. The number of benzene rings is 1. The Morgan fingerprint density at radius 1 is 1.10 bits per heavy atom. The summed E-state index contributed by atoms with van der Waals surface area (Å²) in [6.07, 6.45) is 0.535. The van der Waals surface area contributed by atoms with Crippen LogP contribution in [0, 0.1) is 0 Å². The number of amides is 1. The average Bonchev–Trinajstić information content (AvgIpc) is 2.98. The molecule has 0 spiro atoms. The fourth-order valence-electron chi connectivity index (χ4n) is 5.00. The first-order valence-corrected chi connectivity index (χ1v) is 13.2. The van der Waals surface area contributed by atoms with Crippen molar-refractivity contribution in [3.63, 3.8) is 0 Å². The molecule has 208 valence electrons. The van der Waals surface area contributed by atoms with Crippen molar-refractivity contribution in [3.05, 3.63) is 42.7 Å². The topological polar surface area (TPSA) is 107 Å². The number of ether oxygens (including phenoxy) is 1. The predicted octanol–water partition coefficient (Wildman–Crippen LogP) is 2.10. The molecule has 2 N–H and O–H groups in total. The van der Waals surface area contributed by atoms with E-state index >= 15 is 0 Å². The molecular weight excluding hydrogens is 508 g/mol. The fraction of sp³-hybridized carbons (Fsp3) is 0.481. The fourth-order valence-corrected chi connectivity index (χ4v) is 5.00. The number of carbonyl (C=O) groups excluding carboxylic acids is 1. The number of anilines is 2. The largest absolute Gasteiger partial charge is 0.396 e. The lowest BCUT2D eigenvalue weighted by atomic mass is 10.1. The number of fused-ring (bicyclic) bond motifs is 1. The number of aliphatic hydroxyl groups is 1. The molecule has 2 aliphatic rings. The molecule has 0 aliphatic carbocycles. The number of halogens is 2. The number of hydrogen-bond acceptors (Lipinski definition) is 9. The van der Waals surface area contributed by atoms with Crippen molar-refractivity contribution in [2.75, 3.05) is 75.8 Å². The summed E-state index contributed by atoms with van der Waals surface area (Å²) in [6.45, 7) is 5.67. The van der Waals surface area contributed by atoms with E-state index in [4.69, 9.17) is 14.8 Å². The summed E-state index contributed by atoms with van der Waals surface area (Å²) in [5, 5.41) is 12.3. The summed E-state index contributed by atoms with van der Waals surface area (Å²) in [6, 6.07) is 10.2. The van der Waals surface area contributed by atoms with Gasteiger partial charge in [-0.3, -0.25) is 14.7 Å². The number of hydrogen-bond donors (Lipinski definition) is 2. The van der Waals surface area contributed by atoms with Gasteiger partial charge in [-0.25, -0.2) is 9.97 Å². The third-order valence-corrected chi connectivity index (χ3v) is 7.12. The van der Waals surface area contributed by atoms with E-state index in [0.29, 0.717) is 16.9 Å². The number of piperazine rings is 1. The highest BCUT2D eigenvalue weighted by atomic mass is 19.3. The SMILES string of the molecule is O=C(C(F)F)N1CCOC(CNc2nc(-c3ccc(N4CCN(CCCO)CC4)cc3)cc3nccnc23)C1. The lowest BCUT2D eigenvalue weighted by molar-refractivity contribution is -0.149. The summed E-state index contributed by atoms with van der Waals surface area (Å²) in [7, 11) is 0. The van der Waals surface area contributed by atoms with E-state index in [-0.39, 0.29) is 32.8 Å². The third-order valence-electron chi connectivity index (χ3n) is 7.12. The Hall–Kier alpha value is -3.48. The second-order valence-electron chi connectivity index (χ2n) is 9.69. The van der Waals surface area contributed by atoms with Crippen LogP contribution in [0.25, 0.3) is 22.3 Å². The molecule has 1 aromatic carbocycles. The molecule has 2 aromatic heterocycles. The zero-order valence-electron chi connectivity index (χ0n) is 21.7. The molecule has 1 unspecified atom stereocenters. The van der Waals surface area contributed by atoms with Gasteiger partial charge in [-0.1, -0.05) is 12.1 Å². The first-order valence-electron chi connectivity index (χ1n) is 13.2. The zero-order valence-corrected chi connectivity index (χ0v) is 21.7. The van der Waals surface area contributed by atoms with E-state index in [1.807, 2.05) is 18.2 Å². The molecular formula is C27H33F2N7O3. The van der Waals surface area contributed by atoms with Crippen molar-refractivity contribution in [1.82, 2.24) is 24.8 Å². The molecule has 10 nitrogen and oxygen atoms in total.